The maximum Gasteiger partial charge on any atom is 2.00 e. The molecule has 0 aromatic rings. The molecule has 0 bridgehead atoms. The summed E-state index contributed by atoms with van der Waals surface area (Å²) < 4.78 is 23.6. The summed E-state index contributed by atoms with van der Waals surface area (Å²) in [5.41, 5.74) is -4.83. The molecule has 200 valence electrons. The van der Waals surface area contributed by atoms with Crippen LogP contribution in [0.25, 0.3) is 0 Å². The Morgan fingerprint density at radius 1 is 0.400 bits per heavy atom. The number of rotatable bonds is 8. The molecule has 4 aliphatic rings. The van der Waals surface area contributed by atoms with Crippen LogP contribution in [-0.4, -0.2) is 24.4 Å². The zero-order chi connectivity index (χ0) is 24.3. The van der Waals surface area contributed by atoms with Crippen molar-refractivity contribution in [3.05, 3.63) is 0 Å². The molecule has 0 aromatic heterocycles. The average molecular weight is 652 g/mol. The van der Waals surface area contributed by atoms with E-state index < -0.39 is 11.4 Å². The molecule has 4 saturated carbocycles. The van der Waals surface area contributed by atoms with Crippen LogP contribution < -0.4 is 0 Å². The summed E-state index contributed by atoms with van der Waals surface area (Å²) in [6.07, 6.45) is 25.3. The maximum absolute atomic E-state index is 5.90. The predicted molar refractivity (Wildman–Crippen MR) is 155 cm³/mol. The van der Waals surface area contributed by atoms with Gasteiger partial charge in [0.15, 0.2) is 0 Å². The van der Waals surface area contributed by atoms with Gasteiger partial charge in [-0.05, 0) is 51.4 Å². The first kappa shape index (κ1) is 33.7. The van der Waals surface area contributed by atoms with Crippen molar-refractivity contribution in [3.8, 4) is 0 Å². The second-order valence-corrected chi connectivity index (χ2v) is 20.1. The summed E-state index contributed by atoms with van der Waals surface area (Å²) in [6.45, 7) is 0. The third-order valence-corrected chi connectivity index (χ3v) is 11.6. The van der Waals surface area contributed by atoms with Crippen LogP contribution in [0.2, 0.25) is 0 Å². The van der Waals surface area contributed by atoms with Crippen molar-refractivity contribution in [2.45, 2.75) is 153 Å². The first-order chi connectivity index (χ1) is 16.3. The van der Waals surface area contributed by atoms with Gasteiger partial charge in [-0.1, -0.05) is 101 Å². The van der Waals surface area contributed by atoms with Crippen LogP contribution in [0.3, 0.4) is 0 Å². The van der Waals surface area contributed by atoms with Gasteiger partial charge in [0.05, 0.1) is 35.8 Å². The number of hydrogen-bond donors (Lipinski definition) is 0. The largest absolute Gasteiger partial charge is 2.00 e. The fourth-order valence-electron chi connectivity index (χ4n) is 5.46. The smallest absolute Gasteiger partial charge is 0.691 e. The first-order valence-corrected chi connectivity index (χ1v) is 21.0. The standard InChI is InChI=1S/2C12H23O2PS2.Zn/c2*16-15(17,13-11-7-3-1-4-8-11)14-12-9-5-2-6-10-12;/h2*11-12H,1-10H2,(H,16,17);/q;;+2/p-2. The van der Waals surface area contributed by atoms with Gasteiger partial charge < -0.3 is 42.6 Å². The Balaban J connectivity index is 0.000000240. The van der Waals surface area contributed by atoms with Gasteiger partial charge >= 0.3 is 19.5 Å². The summed E-state index contributed by atoms with van der Waals surface area (Å²) in [4.78, 5) is 0. The second-order valence-electron chi connectivity index (χ2n) is 10.4. The van der Waals surface area contributed by atoms with Crippen LogP contribution >= 0.6 is 11.4 Å². The molecule has 0 saturated heterocycles. The van der Waals surface area contributed by atoms with Gasteiger partial charge in [-0.15, -0.1) is 0 Å². The Labute approximate surface area is 248 Å². The van der Waals surface area contributed by atoms with Crippen LogP contribution in [-0.2, 0) is 85.7 Å². The van der Waals surface area contributed by atoms with Crippen molar-refractivity contribution in [2.75, 3.05) is 0 Å². The van der Waals surface area contributed by atoms with Gasteiger partial charge in [0.25, 0.3) is 0 Å². The third kappa shape index (κ3) is 14.6. The Morgan fingerprint density at radius 2 is 0.571 bits per heavy atom. The number of hydrogen-bond acceptors (Lipinski definition) is 8. The fourth-order valence-corrected chi connectivity index (χ4v) is 10.8. The van der Waals surface area contributed by atoms with Gasteiger partial charge in [-0.2, -0.15) is 0 Å². The summed E-state index contributed by atoms with van der Waals surface area (Å²) >= 11 is 21.5. The van der Waals surface area contributed by atoms with Crippen LogP contribution in [0, 0.1) is 0 Å². The van der Waals surface area contributed by atoms with Crippen molar-refractivity contribution in [3.63, 3.8) is 0 Å². The monoisotopic (exact) mass is 650 g/mol. The molecule has 0 N–H and O–H groups in total. The molecule has 4 rings (SSSR count). The molecule has 35 heavy (non-hydrogen) atoms. The molecule has 0 amide bonds. The Morgan fingerprint density at radius 3 is 0.743 bits per heavy atom. The Kier molecular flexibility index (Phi) is 17.3. The molecule has 4 fully saturated rings. The van der Waals surface area contributed by atoms with Gasteiger partial charge in [-0.25, -0.2) is 0 Å². The minimum absolute atomic E-state index is 0. The minimum atomic E-state index is -2.41. The molecular weight excluding hydrogens is 608 g/mol. The molecule has 11 heteroatoms. The summed E-state index contributed by atoms with van der Waals surface area (Å²) in [5.74, 6) is 0. The van der Waals surface area contributed by atoms with Crippen molar-refractivity contribution < 1.29 is 37.6 Å². The molecule has 4 aliphatic carbocycles. The zero-order valence-corrected chi connectivity index (χ0v) is 29.3. The fraction of sp³-hybridized carbons (Fsp3) is 1.00. The van der Waals surface area contributed by atoms with E-state index in [4.69, 9.17) is 66.2 Å². The van der Waals surface area contributed by atoms with E-state index in [0.29, 0.717) is 0 Å². The van der Waals surface area contributed by atoms with E-state index in [1.54, 1.807) is 0 Å². The average Bonchev–Trinajstić information content (AvgIpc) is 2.81. The van der Waals surface area contributed by atoms with E-state index in [9.17, 15) is 0 Å². The van der Waals surface area contributed by atoms with Gasteiger partial charge in [0.1, 0.15) is 0 Å². The van der Waals surface area contributed by atoms with E-state index in [1.807, 2.05) is 0 Å². The van der Waals surface area contributed by atoms with E-state index in [-0.39, 0.29) is 43.9 Å². The molecule has 0 radical (unpaired) electrons. The van der Waals surface area contributed by atoms with Crippen molar-refractivity contribution in [2.24, 2.45) is 0 Å². The van der Waals surface area contributed by atoms with E-state index in [2.05, 4.69) is 0 Å². The normalized spacial score (nSPS) is 24.3. The molecule has 0 atom stereocenters. The van der Waals surface area contributed by atoms with E-state index in [0.717, 1.165) is 51.4 Å². The topological polar surface area (TPSA) is 36.9 Å². The molecular formula is C24H44O4P2S4Zn. The summed E-state index contributed by atoms with van der Waals surface area (Å²) in [7, 11) is 0. The van der Waals surface area contributed by atoms with Crippen molar-refractivity contribution in [1.82, 2.24) is 0 Å². The maximum atomic E-state index is 5.90. The quantitative estimate of drug-likeness (QED) is 0.146. The SMILES string of the molecule is S=P([S-])(OC1CCCCC1)OC1CCCCC1.S=P([S-])(OC1CCCCC1)OC1CCCCC1.[Zn+2]. The first-order valence-electron chi connectivity index (χ1n) is 13.7. The molecule has 4 nitrogen and oxygen atoms in total. The van der Waals surface area contributed by atoms with Crippen LogP contribution in [0.1, 0.15) is 128 Å². The van der Waals surface area contributed by atoms with E-state index >= 15 is 0 Å². The van der Waals surface area contributed by atoms with Crippen LogP contribution in [0.4, 0.5) is 0 Å². The molecule has 0 unspecified atom stereocenters. The molecule has 0 aromatic carbocycles. The van der Waals surface area contributed by atoms with Crippen LogP contribution in [0.5, 0.6) is 0 Å². The zero-order valence-electron chi connectivity index (χ0n) is 21.3. The predicted octanol–water partition coefficient (Wildman–Crippen LogP) is 8.91. The second kappa shape index (κ2) is 18.0. The molecule has 0 spiro atoms. The van der Waals surface area contributed by atoms with Crippen LogP contribution in [0.15, 0.2) is 0 Å². The van der Waals surface area contributed by atoms with Crippen molar-refractivity contribution >= 4 is 59.5 Å². The van der Waals surface area contributed by atoms with Crippen molar-refractivity contribution in [1.29, 1.82) is 0 Å². The molecule has 0 heterocycles. The van der Waals surface area contributed by atoms with Gasteiger partial charge in [0, 0.05) is 0 Å². The summed E-state index contributed by atoms with van der Waals surface area (Å²) in [6, 6.07) is 0. The third-order valence-electron chi connectivity index (χ3n) is 7.32. The molecule has 0 aliphatic heterocycles. The Hall–Kier alpha value is 2.46. The van der Waals surface area contributed by atoms with Gasteiger partial charge in [-0.3, -0.25) is 0 Å². The van der Waals surface area contributed by atoms with Gasteiger partial charge in [0.2, 0.25) is 0 Å². The van der Waals surface area contributed by atoms with E-state index in [1.165, 1.54) is 77.0 Å². The Bertz CT molecular complexity index is 562. The summed E-state index contributed by atoms with van der Waals surface area (Å²) in [5, 5.41) is 0. The minimum Gasteiger partial charge on any atom is -0.691 e.